The van der Waals surface area contributed by atoms with E-state index in [2.05, 4.69) is 31.1 Å². The fraction of sp³-hybridized carbons (Fsp3) is 0.538. The molecule has 0 amide bonds. The number of hydrogen-bond acceptors (Lipinski definition) is 3. The van der Waals surface area contributed by atoms with Gasteiger partial charge in [-0.2, -0.15) is 5.10 Å². The highest BCUT2D eigenvalue weighted by Gasteiger charge is 2.21. The molecule has 3 heterocycles. The lowest BCUT2D eigenvalue weighted by molar-refractivity contribution is 0.163. The molecule has 0 saturated carbocycles. The quantitative estimate of drug-likeness (QED) is 0.860. The van der Waals surface area contributed by atoms with Crippen molar-refractivity contribution in [2.75, 3.05) is 13.1 Å². The minimum Gasteiger partial charge on any atom is -0.348 e. The van der Waals surface area contributed by atoms with Crippen LogP contribution < -0.4 is 0 Å². The van der Waals surface area contributed by atoms with Gasteiger partial charge in [0.1, 0.15) is 5.82 Å². The van der Waals surface area contributed by atoms with E-state index in [1.54, 1.807) is 0 Å². The van der Waals surface area contributed by atoms with Gasteiger partial charge in [-0.1, -0.05) is 0 Å². The van der Waals surface area contributed by atoms with E-state index in [1.807, 2.05) is 18.6 Å². The summed E-state index contributed by atoms with van der Waals surface area (Å²) in [7, 11) is 0. The molecule has 1 fully saturated rings. The lowest BCUT2D eigenvalue weighted by Gasteiger charge is -2.31. The molecule has 2 aromatic rings. The zero-order valence-electron chi connectivity index (χ0n) is 10.5. The van der Waals surface area contributed by atoms with Crippen LogP contribution in [0.4, 0.5) is 0 Å². The van der Waals surface area contributed by atoms with Crippen molar-refractivity contribution in [2.24, 2.45) is 5.92 Å². The average molecular weight is 245 g/mol. The van der Waals surface area contributed by atoms with Crippen molar-refractivity contribution < 1.29 is 0 Å². The first kappa shape index (κ1) is 11.5. The molecular weight excluding hydrogens is 226 g/mol. The number of nitrogens with zero attached hydrogens (tertiary/aromatic N) is 3. The van der Waals surface area contributed by atoms with Gasteiger partial charge in [0.05, 0.1) is 6.54 Å². The van der Waals surface area contributed by atoms with Gasteiger partial charge in [-0.25, -0.2) is 4.98 Å². The Labute approximate surface area is 107 Å². The normalized spacial score (nSPS) is 21.2. The summed E-state index contributed by atoms with van der Waals surface area (Å²) in [5.74, 6) is 1.80. The fourth-order valence-electron chi connectivity index (χ4n) is 2.77. The Balaban J connectivity index is 1.55. The molecule has 1 unspecified atom stereocenters. The zero-order valence-corrected chi connectivity index (χ0v) is 10.5. The van der Waals surface area contributed by atoms with Crippen LogP contribution in [0, 0.1) is 5.92 Å². The summed E-state index contributed by atoms with van der Waals surface area (Å²) in [4.78, 5) is 9.96. The van der Waals surface area contributed by atoms with Gasteiger partial charge in [0.2, 0.25) is 0 Å². The topological polar surface area (TPSA) is 60.6 Å². The van der Waals surface area contributed by atoms with Crippen molar-refractivity contribution in [3.63, 3.8) is 0 Å². The van der Waals surface area contributed by atoms with Crippen LogP contribution in [0.2, 0.25) is 0 Å². The number of likely N-dealkylation sites (tertiary alicyclic amines) is 1. The highest BCUT2D eigenvalue weighted by atomic mass is 15.2. The summed E-state index contributed by atoms with van der Waals surface area (Å²) >= 11 is 0. The van der Waals surface area contributed by atoms with E-state index in [0.29, 0.717) is 0 Å². The Hall–Kier alpha value is -1.62. The second-order valence-electron chi connectivity index (χ2n) is 5.07. The van der Waals surface area contributed by atoms with Crippen molar-refractivity contribution >= 4 is 0 Å². The largest absolute Gasteiger partial charge is 0.348 e. The molecule has 5 heteroatoms. The Bertz CT molecular complexity index is 405. The number of nitrogens with one attached hydrogen (secondary N) is 2. The van der Waals surface area contributed by atoms with E-state index in [1.165, 1.54) is 25.1 Å². The van der Waals surface area contributed by atoms with Gasteiger partial charge in [0, 0.05) is 30.8 Å². The second-order valence-corrected chi connectivity index (χ2v) is 5.07. The lowest BCUT2D eigenvalue weighted by atomic mass is 9.93. The summed E-state index contributed by atoms with van der Waals surface area (Å²) in [5.41, 5.74) is 1.25. The number of rotatable bonds is 4. The van der Waals surface area contributed by atoms with Crippen LogP contribution in [0.5, 0.6) is 0 Å². The molecular formula is C13H19N5. The number of imidazole rings is 1. The summed E-state index contributed by atoms with van der Waals surface area (Å²) in [6.07, 6.45) is 9.24. The van der Waals surface area contributed by atoms with Crippen LogP contribution in [0.1, 0.15) is 24.4 Å². The minimum absolute atomic E-state index is 0.731. The highest BCUT2D eigenvalue weighted by molar-refractivity contribution is 4.99. The van der Waals surface area contributed by atoms with Gasteiger partial charge in [-0.3, -0.25) is 10.00 Å². The number of H-pyrrole nitrogens is 2. The van der Waals surface area contributed by atoms with E-state index in [0.717, 1.165) is 31.3 Å². The first-order valence-corrected chi connectivity index (χ1v) is 6.59. The third-order valence-electron chi connectivity index (χ3n) is 3.60. The zero-order chi connectivity index (χ0) is 12.2. The summed E-state index contributed by atoms with van der Waals surface area (Å²) in [5, 5.41) is 7.07. The molecule has 2 N–H and O–H groups in total. The summed E-state index contributed by atoms with van der Waals surface area (Å²) in [6, 6.07) is 2.07. The molecule has 2 aromatic heterocycles. The molecule has 18 heavy (non-hydrogen) atoms. The van der Waals surface area contributed by atoms with Crippen molar-refractivity contribution in [1.82, 2.24) is 25.1 Å². The van der Waals surface area contributed by atoms with E-state index in [4.69, 9.17) is 0 Å². The molecule has 0 aromatic carbocycles. The fourth-order valence-corrected chi connectivity index (χ4v) is 2.77. The molecule has 0 spiro atoms. The van der Waals surface area contributed by atoms with E-state index < -0.39 is 0 Å². The van der Waals surface area contributed by atoms with Crippen LogP contribution in [-0.2, 0) is 13.0 Å². The van der Waals surface area contributed by atoms with Crippen LogP contribution in [0.15, 0.2) is 24.7 Å². The molecule has 3 rings (SSSR count). The molecule has 1 aliphatic rings. The smallest absolute Gasteiger partial charge is 0.120 e. The van der Waals surface area contributed by atoms with Gasteiger partial charge < -0.3 is 4.98 Å². The Kier molecular flexibility index (Phi) is 3.41. The van der Waals surface area contributed by atoms with Crippen LogP contribution in [0.3, 0.4) is 0 Å². The van der Waals surface area contributed by atoms with Gasteiger partial charge >= 0.3 is 0 Å². The van der Waals surface area contributed by atoms with Crippen molar-refractivity contribution in [3.05, 3.63) is 36.2 Å². The van der Waals surface area contributed by atoms with Gasteiger partial charge in [0.15, 0.2) is 0 Å². The van der Waals surface area contributed by atoms with Crippen LogP contribution in [0.25, 0.3) is 0 Å². The van der Waals surface area contributed by atoms with E-state index in [-0.39, 0.29) is 0 Å². The monoisotopic (exact) mass is 245 g/mol. The van der Waals surface area contributed by atoms with Crippen molar-refractivity contribution in [3.8, 4) is 0 Å². The number of piperidine rings is 1. The van der Waals surface area contributed by atoms with Crippen LogP contribution >= 0.6 is 0 Å². The third-order valence-corrected chi connectivity index (χ3v) is 3.60. The van der Waals surface area contributed by atoms with E-state index in [9.17, 15) is 0 Å². The highest BCUT2D eigenvalue weighted by Crippen LogP contribution is 2.20. The summed E-state index contributed by atoms with van der Waals surface area (Å²) in [6.45, 7) is 3.27. The number of aromatic nitrogens is 4. The van der Waals surface area contributed by atoms with Gasteiger partial charge in [-0.15, -0.1) is 0 Å². The Morgan fingerprint density at radius 2 is 2.39 bits per heavy atom. The molecule has 0 aliphatic carbocycles. The maximum Gasteiger partial charge on any atom is 0.120 e. The molecule has 0 radical (unpaired) electrons. The Morgan fingerprint density at radius 3 is 3.17 bits per heavy atom. The first-order chi connectivity index (χ1) is 8.90. The second kappa shape index (κ2) is 5.35. The average Bonchev–Trinajstić information content (AvgIpc) is 3.03. The predicted octanol–water partition coefficient (Wildman–Crippen LogP) is 1.59. The SMILES string of the molecule is c1cc(CC2CCCN(Cc3ncc[nH]3)C2)[nH]n1. The predicted molar refractivity (Wildman–Crippen MR) is 68.9 cm³/mol. The minimum atomic E-state index is 0.731. The lowest BCUT2D eigenvalue weighted by Crippen LogP contribution is -2.36. The standard InChI is InChI=1S/C13H19N5/c1-2-11(8-12-3-4-16-17-12)9-18(7-1)10-13-14-5-6-15-13/h3-6,11H,1-2,7-10H2,(H,14,15)(H,16,17). The number of hydrogen-bond donors (Lipinski definition) is 2. The van der Waals surface area contributed by atoms with Crippen molar-refractivity contribution in [2.45, 2.75) is 25.8 Å². The molecule has 5 nitrogen and oxygen atoms in total. The molecule has 1 saturated heterocycles. The first-order valence-electron chi connectivity index (χ1n) is 6.59. The molecule has 1 aliphatic heterocycles. The third kappa shape index (κ3) is 2.79. The Morgan fingerprint density at radius 1 is 1.39 bits per heavy atom. The maximum atomic E-state index is 4.30. The maximum absolute atomic E-state index is 4.30. The molecule has 1 atom stereocenters. The summed E-state index contributed by atoms with van der Waals surface area (Å²) < 4.78 is 0. The van der Waals surface area contributed by atoms with Crippen molar-refractivity contribution in [1.29, 1.82) is 0 Å². The molecule has 96 valence electrons. The molecule has 0 bridgehead atoms. The van der Waals surface area contributed by atoms with Gasteiger partial charge in [-0.05, 0) is 37.8 Å². The van der Waals surface area contributed by atoms with Crippen LogP contribution in [-0.4, -0.2) is 38.2 Å². The van der Waals surface area contributed by atoms with E-state index >= 15 is 0 Å². The van der Waals surface area contributed by atoms with Gasteiger partial charge in [0.25, 0.3) is 0 Å². The number of aromatic amines is 2.